The molecule has 17 heavy (non-hydrogen) atoms. The first-order chi connectivity index (χ1) is 8.00. The van der Waals surface area contributed by atoms with Crippen molar-refractivity contribution in [3.63, 3.8) is 0 Å². The quantitative estimate of drug-likeness (QED) is 0.788. The van der Waals surface area contributed by atoms with Gasteiger partial charge in [0.15, 0.2) is 16.1 Å². The summed E-state index contributed by atoms with van der Waals surface area (Å²) in [4.78, 5) is 10.8. The first kappa shape index (κ1) is 12.4. The molecule has 4 nitrogen and oxygen atoms in total. The fraction of sp³-hybridized carbons (Fsp3) is 0.364. The summed E-state index contributed by atoms with van der Waals surface area (Å²) in [7, 11) is -2.98. The van der Waals surface area contributed by atoms with Gasteiger partial charge in [-0.3, -0.25) is 4.79 Å². The van der Waals surface area contributed by atoms with Gasteiger partial charge in [-0.1, -0.05) is 11.6 Å². The van der Waals surface area contributed by atoms with E-state index in [0.29, 0.717) is 29.0 Å². The highest BCUT2D eigenvalue weighted by atomic mass is 35.5. The third-order valence-corrected chi connectivity index (χ3v) is 4.56. The van der Waals surface area contributed by atoms with Crippen molar-refractivity contribution in [3.05, 3.63) is 28.8 Å². The lowest BCUT2D eigenvalue weighted by atomic mass is 10.2. The van der Waals surface area contributed by atoms with Crippen LogP contribution in [0.15, 0.2) is 18.2 Å². The normalized spacial score (nSPS) is 22.3. The van der Waals surface area contributed by atoms with Crippen LogP contribution in [0.4, 0.5) is 0 Å². The molecule has 0 amide bonds. The van der Waals surface area contributed by atoms with E-state index in [1.165, 1.54) is 6.07 Å². The standard InChI is InChI=1S/C11H11ClO4S/c12-9-1-2-11(8(5-9)6-13)16-10-3-4-17(14,15)7-10/h1-2,5-6,10H,3-4,7H2. The molecular formula is C11H11ClO4S. The highest BCUT2D eigenvalue weighted by Gasteiger charge is 2.29. The number of rotatable bonds is 3. The van der Waals surface area contributed by atoms with E-state index in [1.807, 2.05) is 0 Å². The third-order valence-electron chi connectivity index (χ3n) is 2.58. The lowest BCUT2D eigenvalue weighted by molar-refractivity contribution is 0.111. The molecule has 1 aromatic carbocycles. The van der Waals surface area contributed by atoms with Crippen LogP contribution in [-0.2, 0) is 9.84 Å². The smallest absolute Gasteiger partial charge is 0.154 e. The minimum Gasteiger partial charge on any atom is -0.489 e. The Balaban J connectivity index is 2.17. The van der Waals surface area contributed by atoms with Crippen LogP contribution in [0.2, 0.25) is 5.02 Å². The van der Waals surface area contributed by atoms with E-state index in [1.54, 1.807) is 12.1 Å². The maximum absolute atomic E-state index is 11.3. The van der Waals surface area contributed by atoms with Gasteiger partial charge >= 0.3 is 0 Å². The molecule has 0 bridgehead atoms. The molecule has 1 fully saturated rings. The van der Waals surface area contributed by atoms with Crippen LogP contribution in [0.1, 0.15) is 16.8 Å². The lowest BCUT2D eigenvalue weighted by Crippen LogP contribution is -2.18. The van der Waals surface area contributed by atoms with Crippen molar-refractivity contribution in [1.29, 1.82) is 0 Å². The number of benzene rings is 1. The summed E-state index contributed by atoms with van der Waals surface area (Å²) in [6, 6.07) is 4.68. The summed E-state index contributed by atoms with van der Waals surface area (Å²) >= 11 is 5.75. The van der Waals surface area contributed by atoms with Crippen LogP contribution in [0.25, 0.3) is 0 Å². The number of ether oxygens (including phenoxy) is 1. The van der Waals surface area contributed by atoms with E-state index in [-0.39, 0.29) is 17.6 Å². The molecule has 92 valence electrons. The summed E-state index contributed by atoms with van der Waals surface area (Å²) in [6.07, 6.45) is 0.730. The van der Waals surface area contributed by atoms with Gasteiger partial charge in [0, 0.05) is 5.02 Å². The predicted molar refractivity (Wildman–Crippen MR) is 64.5 cm³/mol. The Labute approximate surface area is 104 Å². The van der Waals surface area contributed by atoms with Crippen molar-refractivity contribution in [2.75, 3.05) is 11.5 Å². The second-order valence-corrected chi connectivity index (χ2v) is 6.61. The van der Waals surface area contributed by atoms with Crippen LogP contribution in [0, 0.1) is 0 Å². The highest BCUT2D eigenvalue weighted by molar-refractivity contribution is 7.91. The van der Waals surface area contributed by atoms with Crippen molar-refractivity contribution in [1.82, 2.24) is 0 Å². The Kier molecular flexibility index (Phi) is 3.40. The van der Waals surface area contributed by atoms with Gasteiger partial charge in [-0.25, -0.2) is 8.42 Å². The van der Waals surface area contributed by atoms with Gasteiger partial charge in [0.25, 0.3) is 0 Å². The van der Waals surface area contributed by atoms with Gasteiger partial charge in [-0.15, -0.1) is 0 Å². The van der Waals surface area contributed by atoms with E-state index in [9.17, 15) is 13.2 Å². The molecule has 0 saturated carbocycles. The van der Waals surface area contributed by atoms with Crippen LogP contribution in [0.5, 0.6) is 5.75 Å². The Hall–Kier alpha value is -1.07. The zero-order chi connectivity index (χ0) is 12.5. The zero-order valence-corrected chi connectivity index (χ0v) is 10.5. The molecule has 1 aromatic rings. The monoisotopic (exact) mass is 274 g/mol. The van der Waals surface area contributed by atoms with Gasteiger partial charge in [0.05, 0.1) is 17.1 Å². The van der Waals surface area contributed by atoms with Gasteiger partial charge < -0.3 is 4.74 Å². The Morgan fingerprint density at radius 1 is 1.41 bits per heavy atom. The Bertz CT molecular complexity index is 538. The molecule has 1 atom stereocenters. The van der Waals surface area contributed by atoms with Crippen LogP contribution >= 0.6 is 11.6 Å². The molecular weight excluding hydrogens is 264 g/mol. The summed E-state index contributed by atoms with van der Waals surface area (Å²) in [5.74, 6) is 0.529. The summed E-state index contributed by atoms with van der Waals surface area (Å²) in [5, 5.41) is 0.443. The summed E-state index contributed by atoms with van der Waals surface area (Å²) < 4.78 is 28.1. The maximum Gasteiger partial charge on any atom is 0.154 e. The predicted octanol–water partition coefficient (Wildman–Crippen LogP) is 1.72. The molecule has 2 rings (SSSR count). The van der Waals surface area contributed by atoms with Crippen LogP contribution in [-0.4, -0.2) is 32.3 Å². The first-order valence-electron chi connectivity index (χ1n) is 5.12. The molecule has 0 aromatic heterocycles. The number of aldehydes is 1. The van der Waals surface area contributed by atoms with Crippen molar-refractivity contribution in [2.45, 2.75) is 12.5 Å². The maximum atomic E-state index is 11.3. The summed E-state index contributed by atoms with van der Waals surface area (Å²) in [6.45, 7) is 0. The van der Waals surface area contributed by atoms with Crippen LogP contribution in [0.3, 0.4) is 0 Å². The third kappa shape index (κ3) is 2.98. The number of hydrogen-bond donors (Lipinski definition) is 0. The van der Waals surface area contributed by atoms with E-state index in [0.717, 1.165) is 0 Å². The second kappa shape index (κ2) is 4.66. The van der Waals surface area contributed by atoms with Gasteiger partial charge in [-0.05, 0) is 24.6 Å². The lowest BCUT2D eigenvalue weighted by Gasteiger charge is -2.13. The fourth-order valence-corrected chi connectivity index (χ4v) is 3.52. The summed E-state index contributed by atoms with van der Waals surface area (Å²) in [5.41, 5.74) is 0.335. The number of carbonyl (C=O) groups is 1. The van der Waals surface area contributed by atoms with Gasteiger partial charge in [0.1, 0.15) is 11.9 Å². The van der Waals surface area contributed by atoms with Crippen molar-refractivity contribution < 1.29 is 17.9 Å². The molecule has 6 heteroatoms. The van der Waals surface area contributed by atoms with E-state index < -0.39 is 9.84 Å². The number of carbonyl (C=O) groups excluding carboxylic acids is 1. The molecule has 1 aliphatic rings. The van der Waals surface area contributed by atoms with Crippen molar-refractivity contribution in [2.24, 2.45) is 0 Å². The van der Waals surface area contributed by atoms with E-state index >= 15 is 0 Å². The number of halogens is 1. The SMILES string of the molecule is O=Cc1cc(Cl)ccc1OC1CCS(=O)(=O)C1. The van der Waals surface area contributed by atoms with Crippen LogP contribution < -0.4 is 4.74 Å². The van der Waals surface area contributed by atoms with Gasteiger partial charge in [-0.2, -0.15) is 0 Å². The van der Waals surface area contributed by atoms with Crippen molar-refractivity contribution >= 4 is 27.7 Å². The van der Waals surface area contributed by atoms with Gasteiger partial charge in [0.2, 0.25) is 0 Å². The minimum absolute atomic E-state index is 0.00786. The van der Waals surface area contributed by atoms with Crippen molar-refractivity contribution in [3.8, 4) is 5.75 Å². The topological polar surface area (TPSA) is 60.4 Å². The fourth-order valence-electron chi connectivity index (χ4n) is 1.75. The molecule has 0 radical (unpaired) electrons. The Morgan fingerprint density at radius 3 is 2.76 bits per heavy atom. The van der Waals surface area contributed by atoms with E-state index in [2.05, 4.69) is 0 Å². The zero-order valence-electron chi connectivity index (χ0n) is 8.93. The average Bonchev–Trinajstić information content (AvgIpc) is 2.61. The molecule has 1 unspecified atom stereocenters. The molecule has 1 aliphatic heterocycles. The van der Waals surface area contributed by atoms with E-state index in [4.69, 9.17) is 16.3 Å². The molecule has 1 heterocycles. The molecule has 1 saturated heterocycles. The Morgan fingerprint density at radius 2 is 2.18 bits per heavy atom. The molecule has 0 spiro atoms. The second-order valence-electron chi connectivity index (χ2n) is 3.94. The highest BCUT2D eigenvalue weighted by Crippen LogP contribution is 2.25. The number of sulfone groups is 1. The largest absolute Gasteiger partial charge is 0.489 e. The first-order valence-corrected chi connectivity index (χ1v) is 7.32. The molecule has 0 aliphatic carbocycles. The number of hydrogen-bond acceptors (Lipinski definition) is 4. The average molecular weight is 275 g/mol. The molecule has 0 N–H and O–H groups in total. The minimum atomic E-state index is -2.98.